The van der Waals surface area contributed by atoms with Gasteiger partial charge in [0.1, 0.15) is 5.75 Å². The van der Waals surface area contributed by atoms with Crippen molar-refractivity contribution in [2.45, 2.75) is 26.3 Å². The van der Waals surface area contributed by atoms with Crippen LogP contribution in [0.5, 0.6) is 5.75 Å². The number of nitrogens with zero attached hydrogens (tertiary/aromatic N) is 1. The molecular weight excluding hydrogens is 256 g/mol. The molecule has 0 saturated carbocycles. The van der Waals surface area contributed by atoms with E-state index in [-0.39, 0.29) is 0 Å². The van der Waals surface area contributed by atoms with Gasteiger partial charge >= 0.3 is 0 Å². The van der Waals surface area contributed by atoms with Gasteiger partial charge in [0, 0.05) is 24.5 Å². The first-order valence-corrected chi connectivity index (χ1v) is 7.46. The highest BCUT2D eigenvalue weighted by Gasteiger charge is 2.07. The molecule has 1 N–H and O–H groups in total. The summed E-state index contributed by atoms with van der Waals surface area (Å²) >= 11 is 1.70. The van der Waals surface area contributed by atoms with E-state index in [1.54, 1.807) is 18.4 Å². The zero-order valence-corrected chi connectivity index (χ0v) is 12.3. The Morgan fingerprint density at radius 3 is 2.89 bits per heavy atom. The van der Waals surface area contributed by atoms with Crippen LogP contribution in [0.15, 0.2) is 29.8 Å². The summed E-state index contributed by atoms with van der Waals surface area (Å²) < 4.78 is 5.31. The van der Waals surface area contributed by atoms with Crippen molar-refractivity contribution < 1.29 is 4.74 Å². The molecule has 4 heteroatoms. The highest BCUT2D eigenvalue weighted by molar-refractivity contribution is 7.09. The second-order valence-electron chi connectivity index (χ2n) is 4.41. The molecule has 2 aromatic rings. The van der Waals surface area contributed by atoms with E-state index >= 15 is 0 Å². The molecule has 0 saturated heterocycles. The van der Waals surface area contributed by atoms with E-state index < -0.39 is 0 Å². The van der Waals surface area contributed by atoms with Gasteiger partial charge in [-0.05, 0) is 36.2 Å². The summed E-state index contributed by atoms with van der Waals surface area (Å²) in [7, 11) is 1.71. The van der Waals surface area contributed by atoms with Crippen LogP contribution in [-0.2, 0) is 13.0 Å². The van der Waals surface area contributed by atoms with Crippen molar-refractivity contribution in [3.05, 3.63) is 45.9 Å². The van der Waals surface area contributed by atoms with Crippen LogP contribution in [0.3, 0.4) is 0 Å². The maximum atomic E-state index is 5.31. The lowest BCUT2D eigenvalue weighted by Gasteiger charge is -2.11. The first kappa shape index (κ1) is 14.0. The van der Waals surface area contributed by atoms with Crippen molar-refractivity contribution >= 4 is 11.3 Å². The molecule has 2 rings (SSSR count). The third kappa shape index (κ3) is 4.04. The molecule has 0 fully saturated rings. The highest BCUT2D eigenvalue weighted by Crippen LogP contribution is 2.21. The minimum absolute atomic E-state index is 0.881. The van der Waals surface area contributed by atoms with Crippen LogP contribution in [0.2, 0.25) is 0 Å². The number of ether oxygens (including phenoxy) is 1. The van der Waals surface area contributed by atoms with Gasteiger partial charge in [-0.15, -0.1) is 11.3 Å². The summed E-state index contributed by atoms with van der Waals surface area (Å²) in [5.74, 6) is 0.913. The van der Waals surface area contributed by atoms with E-state index in [1.165, 1.54) is 11.1 Å². The molecule has 1 aromatic carbocycles. The number of methoxy groups -OCH3 is 1. The number of benzene rings is 1. The van der Waals surface area contributed by atoms with Crippen LogP contribution in [0.1, 0.15) is 29.5 Å². The lowest BCUT2D eigenvalue weighted by atomic mass is 10.0. The van der Waals surface area contributed by atoms with Crippen LogP contribution in [-0.4, -0.2) is 18.6 Å². The van der Waals surface area contributed by atoms with Gasteiger partial charge in [0.2, 0.25) is 0 Å². The fourth-order valence-corrected chi connectivity index (χ4v) is 2.61. The molecule has 0 radical (unpaired) electrons. The molecule has 1 aromatic heterocycles. The maximum absolute atomic E-state index is 5.31. The lowest BCUT2D eigenvalue weighted by molar-refractivity contribution is 0.414. The zero-order chi connectivity index (χ0) is 13.5. The van der Waals surface area contributed by atoms with E-state index in [1.807, 2.05) is 17.6 Å². The Balaban J connectivity index is 2.15. The van der Waals surface area contributed by atoms with E-state index in [9.17, 15) is 0 Å². The number of nitrogens with one attached hydrogen (secondary N) is 1. The van der Waals surface area contributed by atoms with E-state index in [2.05, 4.69) is 29.4 Å². The largest absolute Gasteiger partial charge is 0.497 e. The Morgan fingerprint density at radius 2 is 2.21 bits per heavy atom. The van der Waals surface area contributed by atoms with Gasteiger partial charge in [0.05, 0.1) is 12.1 Å². The van der Waals surface area contributed by atoms with Crippen LogP contribution >= 0.6 is 11.3 Å². The topological polar surface area (TPSA) is 34.1 Å². The summed E-state index contributed by atoms with van der Waals surface area (Å²) in [5.41, 5.74) is 2.61. The van der Waals surface area contributed by atoms with Crippen molar-refractivity contribution in [3.63, 3.8) is 0 Å². The summed E-state index contributed by atoms with van der Waals surface area (Å²) in [6, 6.07) is 6.28. The molecule has 0 amide bonds. The average Bonchev–Trinajstić information content (AvgIpc) is 2.93. The van der Waals surface area contributed by atoms with Crippen molar-refractivity contribution in [1.82, 2.24) is 10.3 Å². The average molecular weight is 276 g/mol. The molecule has 19 heavy (non-hydrogen) atoms. The first-order valence-electron chi connectivity index (χ1n) is 6.58. The highest BCUT2D eigenvalue weighted by atomic mass is 32.1. The Bertz CT molecular complexity index is 497. The van der Waals surface area contributed by atoms with Gasteiger partial charge < -0.3 is 10.1 Å². The Morgan fingerprint density at radius 1 is 1.32 bits per heavy atom. The van der Waals surface area contributed by atoms with Crippen molar-refractivity contribution in [2.24, 2.45) is 0 Å². The summed E-state index contributed by atoms with van der Waals surface area (Å²) in [5, 5.41) is 6.63. The fraction of sp³-hybridized carbons (Fsp3) is 0.400. The molecule has 0 spiro atoms. The van der Waals surface area contributed by atoms with Gasteiger partial charge in [0.25, 0.3) is 0 Å². The quantitative estimate of drug-likeness (QED) is 0.788. The minimum atomic E-state index is 0.881. The van der Waals surface area contributed by atoms with E-state index in [0.29, 0.717) is 0 Å². The molecule has 0 aliphatic rings. The predicted molar refractivity (Wildman–Crippen MR) is 79.9 cm³/mol. The maximum Gasteiger partial charge on any atom is 0.119 e. The molecule has 1 heterocycles. The SMILES string of the molecule is CCCNCc1cc(OC)ccc1Cc1nccs1. The molecule has 0 atom stereocenters. The predicted octanol–water partition coefficient (Wildman–Crippen LogP) is 3.24. The summed E-state index contributed by atoms with van der Waals surface area (Å²) in [6.07, 6.45) is 3.90. The lowest BCUT2D eigenvalue weighted by Crippen LogP contribution is -2.15. The normalized spacial score (nSPS) is 10.6. The Kier molecular flexibility index (Phi) is 5.36. The molecule has 0 unspecified atom stereocenters. The van der Waals surface area contributed by atoms with Gasteiger partial charge in [-0.1, -0.05) is 13.0 Å². The van der Waals surface area contributed by atoms with Gasteiger partial charge in [-0.3, -0.25) is 0 Å². The number of aromatic nitrogens is 1. The fourth-order valence-electron chi connectivity index (χ4n) is 1.97. The summed E-state index contributed by atoms with van der Waals surface area (Å²) in [6.45, 7) is 4.09. The molecule has 0 aliphatic heterocycles. The third-order valence-electron chi connectivity index (χ3n) is 2.98. The van der Waals surface area contributed by atoms with Crippen LogP contribution < -0.4 is 10.1 Å². The van der Waals surface area contributed by atoms with Crippen LogP contribution in [0.4, 0.5) is 0 Å². The van der Waals surface area contributed by atoms with Gasteiger partial charge in [0.15, 0.2) is 0 Å². The standard InChI is InChI=1S/C15H20N2OS/c1-3-6-16-11-13-9-14(18-2)5-4-12(13)10-15-17-7-8-19-15/h4-5,7-9,16H,3,6,10-11H2,1-2H3. The van der Waals surface area contributed by atoms with Gasteiger partial charge in [-0.25, -0.2) is 4.98 Å². The molecule has 0 bridgehead atoms. The third-order valence-corrected chi connectivity index (χ3v) is 3.76. The number of hydrogen-bond acceptors (Lipinski definition) is 4. The second kappa shape index (κ2) is 7.26. The molecular formula is C15H20N2OS. The Labute approximate surface area is 118 Å². The van der Waals surface area contributed by atoms with Crippen molar-refractivity contribution in [3.8, 4) is 5.75 Å². The first-order chi connectivity index (χ1) is 9.33. The monoisotopic (exact) mass is 276 g/mol. The zero-order valence-electron chi connectivity index (χ0n) is 11.5. The second-order valence-corrected chi connectivity index (χ2v) is 5.39. The van der Waals surface area contributed by atoms with Crippen LogP contribution in [0, 0.1) is 0 Å². The summed E-state index contributed by atoms with van der Waals surface area (Å²) in [4.78, 5) is 4.36. The smallest absolute Gasteiger partial charge is 0.119 e. The minimum Gasteiger partial charge on any atom is -0.497 e. The van der Waals surface area contributed by atoms with Crippen molar-refractivity contribution in [1.29, 1.82) is 0 Å². The number of hydrogen-bond donors (Lipinski definition) is 1. The molecule has 0 aliphatic carbocycles. The number of thiazole rings is 1. The molecule has 3 nitrogen and oxygen atoms in total. The van der Waals surface area contributed by atoms with Gasteiger partial charge in [-0.2, -0.15) is 0 Å². The van der Waals surface area contributed by atoms with Crippen molar-refractivity contribution in [2.75, 3.05) is 13.7 Å². The molecule has 102 valence electrons. The Hall–Kier alpha value is -1.39. The van der Waals surface area contributed by atoms with E-state index in [4.69, 9.17) is 4.74 Å². The van der Waals surface area contributed by atoms with Crippen LogP contribution in [0.25, 0.3) is 0 Å². The number of rotatable bonds is 7. The van der Waals surface area contributed by atoms with E-state index in [0.717, 1.165) is 36.7 Å².